The highest BCUT2D eigenvalue weighted by atomic mass is 79.9. The Morgan fingerprint density at radius 2 is 2.22 bits per heavy atom. The van der Waals surface area contributed by atoms with Crippen LogP contribution in [0.2, 0.25) is 5.15 Å². The summed E-state index contributed by atoms with van der Waals surface area (Å²) in [5.74, 6) is 0. The van der Waals surface area contributed by atoms with E-state index in [1.54, 1.807) is 7.11 Å². The second-order valence-electron chi connectivity index (χ2n) is 3.62. The van der Waals surface area contributed by atoms with Crippen LogP contribution in [0.1, 0.15) is 6.42 Å². The Kier molecular flexibility index (Phi) is 6.00. The van der Waals surface area contributed by atoms with Gasteiger partial charge in [-0.2, -0.15) is 0 Å². The van der Waals surface area contributed by atoms with Crippen molar-refractivity contribution in [2.45, 2.75) is 11.3 Å². The maximum atomic E-state index is 12.2. The minimum atomic E-state index is -3.62. The summed E-state index contributed by atoms with van der Waals surface area (Å²) in [7, 11) is -0.544. The number of methoxy groups -OCH3 is 1. The highest BCUT2D eigenvalue weighted by molar-refractivity contribution is 9.10. The van der Waals surface area contributed by atoms with Crippen LogP contribution in [0.4, 0.5) is 0 Å². The van der Waals surface area contributed by atoms with Crippen molar-refractivity contribution < 1.29 is 13.2 Å². The van der Waals surface area contributed by atoms with Gasteiger partial charge in [-0.3, -0.25) is 0 Å². The summed E-state index contributed by atoms with van der Waals surface area (Å²) in [6.07, 6.45) is 2.07. The molecular formula is C10H14BrClN2O3S. The lowest BCUT2D eigenvalue weighted by Crippen LogP contribution is -2.29. The average Bonchev–Trinajstić information content (AvgIpc) is 2.32. The molecule has 1 heterocycles. The third-order valence-electron chi connectivity index (χ3n) is 2.28. The standard InChI is InChI=1S/C10H14BrClN2O3S/c1-14(4-3-5-17-2)18(15,16)9-6-8(11)7-13-10(9)12/h6-7H,3-5H2,1-2H3. The Morgan fingerprint density at radius 3 is 2.83 bits per heavy atom. The number of nitrogens with zero attached hydrogens (tertiary/aromatic N) is 2. The first-order valence-electron chi connectivity index (χ1n) is 5.16. The van der Waals surface area contributed by atoms with Crippen LogP contribution in [0.25, 0.3) is 0 Å². The fraction of sp³-hybridized carbons (Fsp3) is 0.500. The van der Waals surface area contributed by atoms with Gasteiger partial charge >= 0.3 is 0 Å². The molecule has 18 heavy (non-hydrogen) atoms. The maximum Gasteiger partial charge on any atom is 0.245 e. The summed E-state index contributed by atoms with van der Waals surface area (Å²) in [5.41, 5.74) is 0. The summed E-state index contributed by atoms with van der Waals surface area (Å²) in [4.78, 5) is 3.81. The van der Waals surface area contributed by atoms with Crippen molar-refractivity contribution in [3.63, 3.8) is 0 Å². The number of pyridine rings is 1. The number of ether oxygens (including phenoxy) is 1. The van der Waals surface area contributed by atoms with E-state index in [1.165, 1.54) is 23.6 Å². The summed E-state index contributed by atoms with van der Waals surface area (Å²) < 4.78 is 31.2. The molecule has 0 saturated carbocycles. The van der Waals surface area contributed by atoms with Crippen molar-refractivity contribution in [1.82, 2.24) is 9.29 Å². The van der Waals surface area contributed by atoms with Gasteiger partial charge in [0.05, 0.1) is 0 Å². The molecule has 5 nitrogen and oxygen atoms in total. The van der Waals surface area contributed by atoms with E-state index >= 15 is 0 Å². The number of sulfonamides is 1. The fourth-order valence-corrected chi connectivity index (χ4v) is 3.43. The molecule has 102 valence electrons. The Morgan fingerprint density at radius 1 is 1.56 bits per heavy atom. The van der Waals surface area contributed by atoms with Gasteiger partial charge < -0.3 is 4.74 Å². The molecule has 0 unspecified atom stereocenters. The number of halogens is 2. The topological polar surface area (TPSA) is 59.5 Å². The lowest BCUT2D eigenvalue weighted by Gasteiger charge is -2.17. The molecule has 1 aromatic heterocycles. The third-order valence-corrected chi connectivity index (χ3v) is 5.00. The molecular weight excluding hydrogens is 344 g/mol. The van der Waals surface area contributed by atoms with E-state index in [2.05, 4.69) is 20.9 Å². The number of rotatable bonds is 6. The van der Waals surface area contributed by atoms with Crippen LogP contribution in [0.5, 0.6) is 0 Å². The van der Waals surface area contributed by atoms with Crippen LogP contribution < -0.4 is 0 Å². The van der Waals surface area contributed by atoms with Crippen molar-refractivity contribution in [2.75, 3.05) is 27.3 Å². The number of hydrogen-bond acceptors (Lipinski definition) is 4. The summed E-state index contributed by atoms with van der Waals surface area (Å²) in [5, 5.41) is -0.0307. The SMILES string of the molecule is COCCCN(C)S(=O)(=O)c1cc(Br)cnc1Cl. The van der Waals surface area contributed by atoms with E-state index in [-0.39, 0.29) is 10.0 Å². The molecule has 0 bridgehead atoms. The third kappa shape index (κ3) is 3.89. The van der Waals surface area contributed by atoms with Gasteiger partial charge in [0, 0.05) is 38.0 Å². The molecule has 1 rings (SSSR count). The van der Waals surface area contributed by atoms with E-state index in [0.29, 0.717) is 24.0 Å². The normalized spacial score (nSPS) is 12.1. The van der Waals surface area contributed by atoms with Gasteiger partial charge in [-0.1, -0.05) is 11.6 Å². The molecule has 0 spiro atoms. The van der Waals surface area contributed by atoms with Crippen molar-refractivity contribution >= 4 is 37.6 Å². The zero-order valence-corrected chi connectivity index (χ0v) is 13.2. The van der Waals surface area contributed by atoms with E-state index in [1.807, 2.05) is 0 Å². The predicted molar refractivity (Wildman–Crippen MR) is 73.3 cm³/mol. The van der Waals surface area contributed by atoms with Crippen molar-refractivity contribution in [2.24, 2.45) is 0 Å². The zero-order chi connectivity index (χ0) is 13.8. The lowest BCUT2D eigenvalue weighted by molar-refractivity contribution is 0.189. The molecule has 0 aliphatic carbocycles. The van der Waals surface area contributed by atoms with Crippen molar-refractivity contribution in [1.29, 1.82) is 0 Å². The highest BCUT2D eigenvalue weighted by Crippen LogP contribution is 2.25. The molecule has 8 heteroatoms. The second-order valence-corrected chi connectivity index (χ2v) is 6.90. The first-order valence-corrected chi connectivity index (χ1v) is 7.77. The highest BCUT2D eigenvalue weighted by Gasteiger charge is 2.24. The maximum absolute atomic E-state index is 12.2. The van der Waals surface area contributed by atoms with Gasteiger partial charge in [0.2, 0.25) is 10.0 Å². The number of hydrogen-bond donors (Lipinski definition) is 0. The molecule has 0 fully saturated rings. The zero-order valence-electron chi connectivity index (χ0n) is 10.1. The molecule has 1 aromatic rings. The number of aromatic nitrogens is 1. The molecule has 0 N–H and O–H groups in total. The van der Waals surface area contributed by atoms with Crippen LogP contribution in [0, 0.1) is 0 Å². The van der Waals surface area contributed by atoms with Gasteiger partial charge in [-0.25, -0.2) is 17.7 Å². The Balaban J connectivity index is 2.95. The van der Waals surface area contributed by atoms with Crippen molar-refractivity contribution in [3.8, 4) is 0 Å². The minimum absolute atomic E-state index is 0.00143. The van der Waals surface area contributed by atoms with Gasteiger partial charge in [-0.05, 0) is 28.4 Å². The van der Waals surface area contributed by atoms with E-state index in [4.69, 9.17) is 16.3 Å². The van der Waals surface area contributed by atoms with Crippen molar-refractivity contribution in [3.05, 3.63) is 21.9 Å². The largest absolute Gasteiger partial charge is 0.385 e. The van der Waals surface area contributed by atoms with Gasteiger partial charge in [0.1, 0.15) is 10.0 Å². The molecule has 0 amide bonds. The Bertz CT molecular complexity index is 510. The van der Waals surface area contributed by atoms with Crippen LogP contribution in [-0.4, -0.2) is 45.0 Å². The first kappa shape index (κ1) is 15.8. The smallest absolute Gasteiger partial charge is 0.245 e. The molecule has 0 aromatic carbocycles. The lowest BCUT2D eigenvalue weighted by atomic mass is 10.5. The van der Waals surface area contributed by atoms with Gasteiger partial charge in [-0.15, -0.1) is 0 Å². The van der Waals surface area contributed by atoms with Crippen LogP contribution in [0.15, 0.2) is 21.6 Å². The van der Waals surface area contributed by atoms with Crippen LogP contribution in [-0.2, 0) is 14.8 Å². The van der Waals surface area contributed by atoms with E-state index in [0.717, 1.165) is 0 Å². The predicted octanol–water partition coefficient (Wildman–Crippen LogP) is 2.15. The Hall–Kier alpha value is -0.210. The van der Waals surface area contributed by atoms with Gasteiger partial charge in [0.15, 0.2) is 0 Å². The molecule has 0 saturated heterocycles. The fourth-order valence-electron chi connectivity index (χ4n) is 1.30. The molecule has 0 aliphatic heterocycles. The minimum Gasteiger partial charge on any atom is -0.385 e. The first-order chi connectivity index (χ1) is 8.39. The summed E-state index contributed by atoms with van der Waals surface area (Å²) >= 11 is 9.00. The molecule has 0 atom stereocenters. The van der Waals surface area contributed by atoms with E-state index in [9.17, 15) is 8.42 Å². The van der Waals surface area contributed by atoms with Gasteiger partial charge in [0.25, 0.3) is 0 Å². The quantitative estimate of drug-likeness (QED) is 0.578. The second kappa shape index (κ2) is 6.81. The van der Waals surface area contributed by atoms with Crippen LogP contribution in [0.3, 0.4) is 0 Å². The molecule has 0 radical (unpaired) electrons. The molecule has 0 aliphatic rings. The van der Waals surface area contributed by atoms with Crippen LogP contribution >= 0.6 is 27.5 Å². The summed E-state index contributed by atoms with van der Waals surface area (Å²) in [6.45, 7) is 0.864. The average molecular weight is 358 g/mol. The van der Waals surface area contributed by atoms with E-state index < -0.39 is 10.0 Å². The Labute approximate surface area is 120 Å². The summed E-state index contributed by atoms with van der Waals surface area (Å²) in [6, 6.07) is 1.44. The monoisotopic (exact) mass is 356 g/mol.